The molecule has 1 aromatic carbocycles. The summed E-state index contributed by atoms with van der Waals surface area (Å²) in [6, 6.07) is 10.4. The van der Waals surface area contributed by atoms with E-state index >= 15 is 0 Å². The molecule has 30 heavy (non-hydrogen) atoms. The number of hydrogen-bond donors (Lipinski definition) is 1. The Morgan fingerprint density at radius 2 is 1.97 bits per heavy atom. The van der Waals surface area contributed by atoms with Gasteiger partial charge in [-0.25, -0.2) is 0 Å². The molecule has 1 amide bonds. The fourth-order valence-corrected chi connectivity index (χ4v) is 5.40. The number of benzene rings is 1. The highest BCUT2D eigenvalue weighted by Crippen LogP contribution is 2.35. The standard InChI is InChI=1S/C23H26N4O2S/c28-21(24-18-12-11-16-6-4-7-17(16)14-18)15-30-23-26-25-22(20-10-5-13-29-20)27(23)19-8-2-1-3-9-19/h5,10-14,19H,1-4,6-9,15H2,(H,24,28). The van der Waals surface area contributed by atoms with E-state index in [-0.39, 0.29) is 5.91 Å². The molecule has 5 rings (SSSR count). The maximum absolute atomic E-state index is 12.6. The highest BCUT2D eigenvalue weighted by molar-refractivity contribution is 7.99. The molecule has 2 aliphatic rings. The van der Waals surface area contributed by atoms with Crippen LogP contribution in [-0.4, -0.2) is 26.4 Å². The van der Waals surface area contributed by atoms with Crippen LogP contribution in [0.15, 0.2) is 46.2 Å². The molecular weight excluding hydrogens is 396 g/mol. The lowest BCUT2D eigenvalue weighted by Crippen LogP contribution is -2.17. The minimum Gasteiger partial charge on any atom is -0.461 e. The second kappa shape index (κ2) is 8.68. The molecule has 1 saturated carbocycles. The molecule has 0 radical (unpaired) electrons. The van der Waals surface area contributed by atoms with Gasteiger partial charge < -0.3 is 9.73 Å². The maximum atomic E-state index is 12.6. The summed E-state index contributed by atoms with van der Waals surface area (Å²) < 4.78 is 7.78. The molecule has 1 fully saturated rings. The van der Waals surface area contributed by atoms with Crippen molar-refractivity contribution in [2.45, 2.75) is 62.6 Å². The van der Waals surface area contributed by atoms with Gasteiger partial charge in [0.2, 0.25) is 11.7 Å². The van der Waals surface area contributed by atoms with Crippen molar-refractivity contribution >= 4 is 23.4 Å². The van der Waals surface area contributed by atoms with Crippen LogP contribution in [0.5, 0.6) is 0 Å². The molecule has 0 unspecified atom stereocenters. The third kappa shape index (κ3) is 4.03. The fourth-order valence-electron chi connectivity index (χ4n) is 4.59. The quantitative estimate of drug-likeness (QED) is 0.548. The minimum atomic E-state index is -0.0179. The van der Waals surface area contributed by atoms with Crippen LogP contribution in [0.4, 0.5) is 5.69 Å². The average molecular weight is 423 g/mol. The third-order valence-electron chi connectivity index (χ3n) is 6.06. The molecule has 3 aromatic rings. The van der Waals surface area contributed by atoms with E-state index in [0.717, 1.165) is 48.1 Å². The molecule has 0 saturated heterocycles. The number of thioether (sulfide) groups is 1. The molecule has 2 heterocycles. The molecule has 0 bridgehead atoms. The number of anilines is 1. The van der Waals surface area contributed by atoms with Gasteiger partial charge in [-0.2, -0.15) is 0 Å². The summed E-state index contributed by atoms with van der Waals surface area (Å²) in [7, 11) is 0. The Kier molecular flexibility index (Phi) is 5.62. The predicted molar refractivity (Wildman–Crippen MR) is 118 cm³/mol. The second-order valence-corrected chi connectivity index (χ2v) is 9.06. The number of rotatable bonds is 6. The summed E-state index contributed by atoms with van der Waals surface area (Å²) in [4.78, 5) is 12.6. The molecule has 0 spiro atoms. The SMILES string of the molecule is O=C(CSc1nnc(-c2ccco2)n1C1CCCCC1)Nc1ccc2c(c1)CCC2. The summed E-state index contributed by atoms with van der Waals surface area (Å²) in [5.74, 6) is 1.77. The molecule has 6 nitrogen and oxygen atoms in total. The van der Waals surface area contributed by atoms with Crippen LogP contribution in [0.25, 0.3) is 11.6 Å². The third-order valence-corrected chi connectivity index (χ3v) is 7.00. The summed E-state index contributed by atoms with van der Waals surface area (Å²) in [6.07, 6.45) is 11.0. The highest BCUT2D eigenvalue weighted by atomic mass is 32.2. The van der Waals surface area contributed by atoms with Gasteiger partial charge in [0.15, 0.2) is 10.9 Å². The summed E-state index contributed by atoms with van der Waals surface area (Å²) in [5, 5.41) is 12.6. The largest absolute Gasteiger partial charge is 0.461 e. The molecule has 2 aliphatic carbocycles. The van der Waals surface area contributed by atoms with E-state index in [4.69, 9.17) is 4.42 Å². The van der Waals surface area contributed by atoms with Crippen molar-refractivity contribution in [1.29, 1.82) is 0 Å². The van der Waals surface area contributed by atoms with E-state index in [1.807, 2.05) is 18.2 Å². The predicted octanol–water partition coefficient (Wildman–Crippen LogP) is 5.26. The van der Waals surface area contributed by atoms with Gasteiger partial charge in [0, 0.05) is 11.7 Å². The molecule has 0 aliphatic heterocycles. The maximum Gasteiger partial charge on any atom is 0.234 e. The van der Waals surface area contributed by atoms with Crippen LogP contribution < -0.4 is 5.32 Å². The fraction of sp³-hybridized carbons (Fsp3) is 0.435. The number of nitrogens with one attached hydrogen (secondary N) is 1. The lowest BCUT2D eigenvalue weighted by Gasteiger charge is -2.25. The summed E-state index contributed by atoms with van der Waals surface area (Å²) >= 11 is 1.45. The van der Waals surface area contributed by atoms with Crippen LogP contribution in [0.2, 0.25) is 0 Å². The van der Waals surface area contributed by atoms with Crippen LogP contribution in [0, 0.1) is 0 Å². The van der Waals surface area contributed by atoms with Gasteiger partial charge in [0.05, 0.1) is 12.0 Å². The Balaban J connectivity index is 1.30. The Labute approximate surface area is 180 Å². The van der Waals surface area contributed by atoms with Crippen molar-refractivity contribution in [3.8, 4) is 11.6 Å². The molecule has 7 heteroatoms. The first kappa shape index (κ1) is 19.4. The highest BCUT2D eigenvalue weighted by Gasteiger charge is 2.25. The average Bonchev–Trinajstić information content (AvgIpc) is 3.52. The zero-order valence-corrected chi connectivity index (χ0v) is 17.8. The molecule has 156 valence electrons. The van der Waals surface area contributed by atoms with Crippen molar-refractivity contribution in [1.82, 2.24) is 14.8 Å². The van der Waals surface area contributed by atoms with Crippen molar-refractivity contribution in [3.63, 3.8) is 0 Å². The van der Waals surface area contributed by atoms with Crippen LogP contribution in [0.3, 0.4) is 0 Å². The number of hydrogen-bond acceptors (Lipinski definition) is 5. The van der Waals surface area contributed by atoms with E-state index in [2.05, 4.69) is 32.2 Å². The van der Waals surface area contributed by atoms with Gasteiger partial charge in [-0.15, -0.1) is 10.2 Å². The summed E-state index contributed by atoms with van der Waals surface area (Å²) in [6.45, 7) is 0. The van der Waals surface area contributed by atoms with Gasteiger partial charge in [-0.3, -0.25) is 9.36 Å². The molecule has 2 aromatic heterocycles. The van der Waals surface area contributed by atoms with Crippen molar-refractivity contribution < 1.29 is 9.21 Å². The number of aromatic nitrogens is 3. The number of aryl methyl sites for hydroxylation is 2. The number of amides is 1. The topological polar surface area (TPSA) is 73.0 Å². The van der Waals surface area contributed by atoms with E-state index in [9.17, 15) is 4.79 Å². The smallest absolute Gasteiger partial charge is 0.234 e. The first-order valence-electron chi connectivity index (χ1n) is 10.8. The number of carbonyl (C=O) groups is 1. The first-order chi connectivity index (χ1) is 14.8. The number of fused-ring (bicyclic) bond motifs is 1. The van der Waals surface area contributed by atoms with Gasteiger partial charge in [-0.05, 0) is 67.5 Å². The van der Waals surface area contributed by atoms with Crippen LogP contribution in [-0.2, 0) is 17.6 Å². The van der Waals surface area contributed by atoms with Crippen molar-refractivity contribution in [2.75, 3.05) is 11.1 Å². The van der Waals surface area contributed by atoms with E-state index in [1.54, 1.807) is 6.26 Å². The number of furan rings is 1. The van der Waals surface area contributed by atoms with Gasteiger partial charge in [0.1, 0.15) is 0 Å². The Morgan fingerprint density at radius 1 is 1.10 bits per heavy atom. The number of nitrogens with zero attached hydrogens (tertiary/aromatic N) is 3. The summed E-state index contributed by atoms with van der Waals surface area (Å²) in [5.41, 5.74) is 3.65. The zero-order chi connectivity index (χ0) is 20.3. The lowest BCUT2D eigenvalue weighted by atomic mass is 9.95. The van der Waals surface area contributed by atoms with Gasteiger partial charge in [-0.1, -0.05) is 37.1 Å². The monoisotopic (exact) mass is 422 g/mol. The van der Waals surface area contributed by atoms with Crippen molar-refractivity contribution in [3.05, 3.63) is 47.7 Å². The number of carbonyl (C=O) groups excluding carboxylic acids is 1. The van der Waals surface area contributed by atoms with Crippen molar-refractivity contribution in [2.24, 2.45) is 0 Å². The minimum absolute atomic E-state index is 0.0179. The normalized spacial score (nSPS) is 16.5. The Hall–Kier alpha value is -2.54. The van der Waals surface area contributed by atoms with E-state index in [0.29, 0.717) is 11.8 Å². The van der Waals surface area contributed by atoms with Gasteiger partial charge in [0.25, 0.3) is 0 Å². The lowest BCUT2D eigenvalue weighted by molar-refractivity contribution is -0.113. The molecular formula is C23H26N4O2S. The first-order valence-corrected chi connectivity index (χ1v) is 11.8. The zero-order valence-electron chi connectivity index (χ0n) is 17.0. The van der Waals surface area contributed by atoms with Gasteiger partial charge >= 0.3 is 0 Å². The van der Waals surface area contributed by atoms with E-state index in [1.165, 1.54) is 48.6 Å². The van der Waals surface area contributed by atoms with E-state index < -0.39 is 0 Å². The molecule has 0 atom stereocenters. The van der Waals surface area contributed by atoms with Crippen LogP contribution in [0.1, 0.15) is 55.7 Å². The Bertz CT molecular complexity index is 1020. The second-order valence-electron chi connectivity index (χ2n) is 8.12. The van der Waals surface area contributed by atoms with Crippen LogP contribution >= 0.6 is 11.8 Å². The Morgan fingerprint density at radius 3 is 2.80 bits per heavy atom. The molecule has 1 N–H and O–H groups in total.